The lowest BCUT2D eigenvalue weighted by molar-refractivity contribution is 0.0843. The largest absolute Gasteiger partial charge is 0.290 e. The molecule has 0 aliphatic carbocycles. The molecule has 0 unspecified atom stereocenters. The molecule has 1 saturated heterocycles. The van der Waals surface area contributed by atoms with Crippen LogP contribution in [0.2, 0.25) is 0 Å². The van der Waals surface area contributed by atoms with Crippen LogP contribution in [0.15, 0.2) is 58.2 Å². The van der Waals surface area contributed by atoms with E-state index in [0.717, 1.165) is 12.8 Å². The highest BCUT2D eigenvalue weighted by atomic mass is 32.2. The van der Waals surface area contributed by atoms with Crippen molar-refractivity contribution in [2.45, 2.75) is 37.6 Å². The van der Waals surface area contributed by atoms with Crippen molar-refractivity contribution in [3.63, 3.8) is 0 Å². The predicted molar refractivity (Wildman–Crippen MR) is 126 cm³/mol. The Morgan fingerprint density at radius 3 is 2.21 bits per heavy atom. The minimum atomic E-state index is -3.58. The number of nitrogens with one attached hydrogen (secondary N) is 2. The quantitative estimate of drug-likeness (QED) is 0.513. The van der Waals surface area contributed by atoms with E-state index in [-0.39, 0.29) is 21.7 Å². The number of carbonyl (C=O) groups excluding carboxylic acids is 2. The molecule has 0 radical (unpaired) electrons. The number of rotatable bonds is 6. The molecule has 2 aromatic carbocycles. The number of hydrazine groups is 1. The Kier molecular flexibility index (Phi) is 6.75. The molecule has 34 heavy (non-hydrogen) atoms. The van der Waals surface area contributed by atoms with Crippen molar-refractivity contribution in [2.75, 3.05) is 13.1 Å². The molecule has 2 N–H and O–H groups in total. The topological polar surface area (TPSA) is 130 Å². The van der Waals surface area contributed by atoms with Gasteiger partial charge in [0.2, 0.25) is 10.0 Å². The van der Waals surface area contributed by atoms with Gasteiger partial charge in [-0.3, -0.25) is 25.2 Å². The van der Waals surface area contributed by atoms with E-state index in [4.69, 9.17) is 0 Å². The molecule has 4 rings (SSSR count). The summed E-state index contributed by atoms with van der Waals surface area (Å²) < 4.78 is 27.9. The number of benzene rings is 2. The molecule has 0 atom stereocenters. The first kappa shape index (κ1) is 23.6. The normalized spacial score (nSPS) is 14.3. The van der Waals surface area contributed by atoms with Crippen LogP contribution in [0.4, 0.5) is 0 Å². The molecule has 2 heterocycles. The van der Waals surface area contributed by atoms with Crippen LogP contribution in [-0.2, 0) is 16.6 Å². The summed E-state index contributed by atoms with van der Waals surface area (Å²) in [7, 11) is -3.58. The van der Waals surface area contributed by atoms with E-state index in [0.29, 0.717) is 36.8 Å². The SMILES string of the molecule is CCCn1nc(C(=O)NNC(=O)c2ccc(S(=O)(=O)N3CCCC3)cc2)c2ccccc2c1=O. The Balaban J connectivity index is 1.49. The molecule has 0 bridgehead atoms. The van der Waals surface area contributed by atoms with Gasteiger partial charge in [-0.15, -0.1) is 0 Å². The van der Waals surface area contributed by atoms with Gasteiger partial charge in [-0.1, -0.05) is 25.1 Å². The number of hydrogen-bond donors (Lipinski definition) is 2. The van der Waals surface area contributed by atoms with E-state index < -0.39 is 21.8 Å². The smallest absolute Gasteiger partial charge is 0.267 e. The lowest BCUT2D eigenvalue weighted by Crippen LogP contribution is -2.42. The lowest BCUT2D eigenvalue weighted by Gasteiger charge is -2.15. The average molecular weight is 484 g/mol. The molecule has 2 amide bonds. The van der Waals surface area contributed by atoms with E-state index in [9.17, 15) is 22.8 Å². The van der Waals surface area contributed by atoms with E-state index in [1.165, 1.54) is 33.3 Å². The summed E-state index contributed by atoms with van der Waals surface area (Å²) >= 11 is 0. The van der Waals surface area contributed by atoms with Gasteiger partial charge in [-0.2, -0.15) is 9.40 Å². The third-order valence-corrected chi connectivity index (χ3v) is 7.54. The first-order valence-corrected chi connectivity index (χ1v) is 12.5. The van der Waals surface area contributed by atoms with Gasteiger partial charge in [0.05, 0.1) is 10.3 Å². The maximum Gasteiger partial charge on any atom is 0.290 e. The molecular weight excluding hydrogens is 458 g/mol. The highest BCUT2D eigenvalue weighted by Crippen LogP contribution is 2.21. The van der Waals surface area contributed by atoms with Crippen molar-refractivity contribution in [3.05, 3.63) is 70.1 Å². The van der Waals surface area contributed by atoms with Crippen LogP contribution in [0.1, 0.15) is 47.0 Å². The zero-order chi connectivity index (χ0) is 24.3. The Morgan fingerprint density at radius 1 is 0.941 bits per heavy atom. The predicted octanol–water partition coefficient (Wildman–Crippen LogP) is 1.67. The number of sulfonamides is 1. The number of amides is 2. The average Bonchev–Trinajstić information content (AvgIpc) is 3.40. The molecule has 11 heteroatoms. The fourth-order valence-corrected chi connectivity index (χ4v) is 5.38. The second-order valence-electron chi connectivity index (χ2n) is 7.97. The summed E-state index contributed by atoms with van der Waals surface area (Å²) in [5.74, 6) is -1.30. The number of aromatic nitrogens is 2. The summed E-state index contributed by atoms with van der Waals surface area (Å²) in [6.07, 6.45) is 2.33. The number of carbonyl (C=O) groups is 2. The zero-order valence-electron chi connectivity index (χ0n) is 18.7. The highest BCUT2D eigenvalue weighted by molar-refractivity contribution is 7.89. The van der Waals surface area contributed by atoms with Crippen molar-refractivity contribution in [1.82, 2.24) is 24.9 Å². The van der Waals surface area contributed by atoms with Crippen LogP contribution in [0, 0.1) is 0 Å². The van der Waals surface area contributed by atoms with E-state index in [2.05, 4.69) is 16.0 Å². The number of hydrogen-bond acceptors (Lipinski definition) is 6. The van der Waals surface area contributed by atoms with Crippen LogP contribution in [0.5, 0.6) is 0 Å². The maximum atomic E-state index is 12.8. The van der Waals surface area contributed by atoms with Crippen molar-refractivity contribution < 1.29 is 18.0 Å². The Hall–Kier alpha value is -3.57. The fraction of sp³-hybridized carbons (Fsp3) is 0.304. The van der Waals surface area contributed by atoms with Gasteiger partial charge in [-0.25, -0.2) is 13.1 Å². The Labute approximate surface area is 196 Å². The molecule has 1 fully saturated rings. The second kappa shape index (κ2) is 9.74. The third-order valence-electron chi connectivity index (χ3n) is 5.63. The molecule has 0 spiro atoms. The molecule has 1 aliphatic rings. The summed E-state index contributed by atoms with van der Waals surface area (Å²) in [6, 6.07) is 12.2. The minimum Gasteiger partial charge on any atom is -0.267 e. The van der Waals surface area contributed by atoms with Crippen LogP contribution in [-0.4, -0.2) is 47.4 Å². The number of nitrogens with zero attached hydrogens (tertiary/aromatic N) is 3. The molecule has 10 nitrogen and oxygen atoms in total. The summed E-state index contributed by atoms with van der Waals surface area (Å²) in [6.45, 7) is 3.23. The molecule has 3 aromatic rings. The minimum absolute atomic E-state index is 0.0102. The van der Waals surface area contributed by atoms with Gasteiger partial charge < -0.3 is 0 Å². The highest BCUT2D eigenvalue weighted by Gasteiger charge is 2.27. The molecule has 0 saturated carbocycles. The van der Waals surface area contributed by atoms with E-state index in [1.807, 2.05) is 6.92 Å². The van der Waals surface area contributed by atoms with Gasteiger partial charge in [0.1, 0.15) is 0 Å². The first-order chi connectivity index (χ1) is 16.3. The van der Waals surface area contributed by atoms with Crippen LogP contribution in [0.25, 0.3) is 10.8 Å². The Morgan fingerprint density at radius 2 is 1.56 bits per heavy atom. The van der Waals surface area contributed by atoms with Crippen LogP contribution in [0.3, 0.4) is 0 Å². The van der Waals surface area contributed by atoms with E-state index in [1.54, 1.807) is 24.3 Å². The van der Waals surface area contributed by atoms with Gasteiger partial charge in [-0.05, 0) is 49.6 Å². The zero-order valence-corrected chi connectivity index (χ0v) is 19.5. The van der Waals surface area contributed by atoms with E-state index >= 15 is 0 Å². The van der Waals surface area contributed by atoms with Crippen molar-refractivity contribution in [3.8, 4) is 0 Å². The van der Waals surface area contributed by atoms with Crippen molar-refractivity contribution >= 4 is 32.6 Å². The standard InChI is InChI=1S/C23H25N5O5S/c1-2-13-28-23(31)19-8-4-3-7-18(19)20(26-28)22(30)25-24-21(29)16-9-11-17(12-10-16)34(32,33)27-14-5-6-15-27/h3-4,7-12H,2,5-6,13-15H2,1H3,(H,24,29)(H,25,30). The summed E-state index contributed by atoms with van der Waals surface area (Å²) in [5.41, 5.74) is 4.54. The monoisotopic (exact) mass is 483 g/mol. The lowest BCUT2D eigenvalue weighted by atomic mass is 10.1. The summed E-state index contributed by atoms with van der Waals surface area (Å²) in [4.78, 5) is 38.0. The molecule has 1 aliphatic heterocycles. The van der Waals surface area contributed by atoms with Gasteiger partial charge >= 0.3 is 0 Å². The number of aryl methyl sites for hydroxylation is 1. The van der Waals surface area contributed by atoms with Crippen LogP contribution < -0.4 is 16.4 Å². The fourth-order valence-electron chi connectivity index (χ4n) is 3.87. The second-order valence-corrected chi connectivity index (χ2v) is 9.90. The third kappa shape index (κ3) is 4.57. The first-order valence-electron chi connectivity index (χ1n) is 11.0. The molecular formula is C23H25N5O5S. The van der Waals surface area contributed by atoms with Crippen molar-refractivity contribution in [1.29, 1.82) is 0 Å². The number of fused-ring (bicyclic) bond motifs is 1. The van der Waals surface area contributed by atoms with Gasteiger partial charge in [0, 0.05) is 30.6 Å². The van der Waals surface area contributed by atoms with Crippen LogP contribution >= 0.6 is 0 Å². The van der Waals surface area contributed by atoms with Crippen molar-refractivity contribution in [2.24, 2.45) is 0 Å². The molecule has 1 aromatic heterocycles. The van der Waals surface area contributed by atoms with Gasteiger partial charge in [0.15, 0.2) is 5.69 Å². The Bertz CT molecular complexity index is 1390. The molecule has 178 valence electrons. The summed E-state index contributed by atoms with van der Waals surface area (Å²) in [5, 5.41) is 4.92. The van der Waals surface area contributed by atoms with Gasteiger partial charge in [0.25, 0.3) is 17.4 Å². The maximum absolute atomic E-state index is 12.8.